The van der Waals surface area contributed by atoms with E-state index in [1.165, 1.54) is 0 Å². The maximum Gasteiger partial charge on any atom is 0.317 e. The standard InChI is InChI=1S/C15H26N2O4/c1-3-15(2)10-17(8-9-21-15)14(20)16-12-6-4-11(5-7-12)13(18)19/h11-12H,3-10H2,1-2H3,(H,16,20)(H,18,19). The second-order valence-electron chi connectivity index (χ2n) is 6.41. The smallest absolute Gasteiger partial charge is 0.317 e. The molecule has 2 aliphatic rings. The fourth-order valence-electron chi connectivity index (χ4n) is 3.07. The highest BCUT2D eigenvalue weighted by Gasteiger charge is 2.34. The second-order valence-corrected chi connectivity index (χ2v) is 6.41. The molecule has 120 valence electrons. The van der Waals surface area contributed by atoms with E-state index in [2.05, 4.69) is 12.2 Å². The fraction of sp³-hybridized carbons (Fsp3) is 0.867. The molecule has 2 N–H and O–H groups in total. The van der Waals surface area contributed by atoms with Gasteiger partial charge in [-0.3, -0.25) is 4.79 Å². The third-order valence-corrected chi connectivity index (χ3v) is 4.78. The minimum absolute atomic E-state index is 0.0447. The van der Waals surface area contributed by atoms with Gasteiger partial charge >= 0.3 is 12.0 Å². The van der Waals surface area contributed by atoms with Crippen molar-refractivity contribution in [1.29, 1.82) is 0 Å². The Balaban J connectivity index is 1.81. The van der Waals surface area contributed by atoms with Crippen molar-refractivity contribution in [3.63, 3.8) is 0 Å². The van der Waals surface area contributed by atoms with Crippen molar-refractivity contribution in [2.45, 2.75) is 57.6 Å². The number of carbonyl (C=O) groups is 2. The van der Waals surface area contributed by atoms with Crippen LogP contribution >= 0.6 is 0 Å². The number of nitrogens with one attached hydrogen (secondary N) is 1. The van der Waals surface area contributed by atoms with E-state index in [9.17, 15) is 9.59 Å². The van der Waals surface area contributed by atoms with Crippen molar-refractivity contribution in [2.75, 3.05) is 19.7 Å². The molecule has 6 heteroatoms. The van der Waals surface area contributed by atoms with Crippen LogP contribution in [-0.4, -0.2) is 53.3 Å². The molecule has 1 heterocycles. The topological polar surface area (TPSA) is 78.9 Å². The molecule has 2 fully saturated rings. The molecule has 0 bridgehead atoms. The number of nitrogens with zero attached hydrogens (tertiary/aromatic N) is 1. The van der Waals surface area contributed by atoms with Gasteiger partial charge in [0.05, 0.1) is 24.7 Å². The number of ether oxygens (including phenoxy) is 1. The Morgan fingerprint density at radius 2 is 2.00 bits per heavy atom. The maximum absolute atomic E-state index is 12.3. The van der Waals surface area contributed by atoms with Gasteiger partial charge < -0.3 is 20.1 Å². The third-order valence-electron chi connectivity index (χ3n) is 4.78. The van der Waals surface area contributed by atoms with Crippen molar-refractivity contribution in [3.05, 3.63) is 0 Å². The van der Waals surface area contributed by atoms with Crippen molar-refractivity contribution < 1.29 is 19.4 Å². The van der Waals surface area contributed by atoms with E-state index in [4.69, 9.17) is 9.84 Å². The number of urea groups is 1. The highest BCUT2D eigenvalue weighted by molar-refractivity contribution is 5.75. The number of aliphatic carboxylic acids is 1. The zero-order valence-electron chi connectivity index (χ0n) is 12.9. The number of rotatable bonds is 3. The number of carboxylic acids is 1. The van der Waals surface area contributed by atoms with E-state index >= 15 is 0 Å². The molecule has 21 heavy (non-hydrogen) atoms. The first-order valence-corrected chi connectivity index (χ1v) is 7.86. The first kappa shape index (κ1) is 16.1. The molecule has 1 aliphatic carbocycles. The zero-order valence-corrected chi connectivity index (χ0v) is 12.9. The number of morpholine rings is 1. The van der Waals surface area contributed by atoms with Gasteiger partial charge in [-0.15, -0.1) is 0 Å². The summed E-state index contributed by atoms with van der Waals surface area (Å²) in [4.78, 5) is 25.1. The summed E-state index contributed by atoms with van der Waals surface area (Å²) >= 11 is 0. The van der Waals surface area contributed by atoms with E-state index in [0.717, 1.165) is 19.3 Å². The predicted molar refractivity (Wildman–Crippen MR) is 78.1 cm³/mol. The van der Waals surface area contributed by atoms with E-state index < -0.39 is 5.97 Å². The Bertz CT molecular complexity index is 393. The average molecular weight is 298 g/mol. The second kappa shape index (κ2) is 6.64. The van der Waals surface area contributed by atoms with Crippen LogP contribution in [0.2, 0.25) is 0 Å². The van der Waals surface area contributed by atoms with E-state index in [0.29, 0.717) is 32.5 Å². The normalized spacial score (nSPS) is 33.5. The first-order chi connectivity index (χ1) is 9.93. The average Bonchev–Trinajstić information content (AvgIpc) is 2.48. The Morgan fingerprint density at radius 3 is 2.57 bits per heavy atom. The Hall–Kier alpha value is -1.30. The summed E-state index contributed by atoms with van der Waals surface area (Å²) in [7, 11) is 0. The molecule has 1 unspecified atom stereocenters. The molecular weight excluding hydrogens is 272 g/mol. The van der Waals surface area contributed by atoms with Crippen LogP contribution in [0.4, 0.5) is 4.79 Å². The number of amides is 2. The van der Waals surface area contributed by atoms with Crippen molar-refractivity contribution in [1.82, 2.24) is 10.2 Å². The van der Waals surface area contributed by atoms with Gasteiger partial charge in [-0.1, -0.05) is 6.92 Å². The van der Waals surface area contributed by atoms with Gasteiger partial charge in [0, 0.05) is 12.6 Å². The Morgan fingerprint density at radius 1 is 1.33 bits per heavy atom. The highest BCUT2D eigenvalue weighted by Crippen LogP contribution is 2.25. The highest BCUT2D eigenvalue weighted by atomic mass is 16.5. The minimum atomic E-state index is -0.716. The van der Waals surface area contributed by atoms with Gasteiger partial charge in [-0.2, -0.15) is 0 Å². The summed E-state index contributed by atoms with van der Waals surface area (Å²) < 4.78 is 5.74. The molecule has 0 aromatic carbocycles. The van der Waals surface area contributed by atoms with Crippen LogP contribution in [-0.2, 0) is 9.53 Å². The van der Waals surface area contributed by atoms with Crippen LogP contribution in [0.5, 0.6) is 0 Å². The lowest BCUT2D eigenvalue weighted by Crippen LogP contribution is -2.56. The molecule has 0 spiro atoms. The molecule has 1 saturated heterocycles. The molecule has 0 radical (unpaired) electrons. The molecule has 2 amide bonds. The lowest BCUT2D eigenvalue weighted by Gasteiger charge is -2.40. The van der Waals surface area contributed by atoms with Crippen molar-refractivity contribution in [2.24, 2.45) is 5.92 Å². The van der Waals surface area contributed by atoms with Crippen LogP contribution < -0.4 is 5.32 Å². The summed E-state index contributed by atoms with van der Waals surface area (Å²) in [5.74, 6) is -0.961. The predicted octanol–water partition coefficient (Wildman–Crippen LogP) is 1.84. The molecule has 1 saturated carbocycles. The minimum Gasteiger partial charge on any atom is -0.481 e. The van der Waals surface area contributed by atoms with Gasteiger partial charge in [0.15, 0.2) is 0 Å². The molecular formula is C15H26N2O4. The quantitative estimate of drug-likeness (QED) is 0.833. The summed E-state index contributed by atoms with van der Waals surface area (Å²) in [5, 5.41) is 12.0. The van der Waals surface area contributed by atoms with Crippen LogP contribution in [0.25, 0.3) is 0 Å². The monoisotopic (exact) mass is 298 g/mol. The maximum atomic E-state index is 12.3. The first-order valence-electron chi connectivity index (χ1n) is 7.86. The lowest BCUT2D eigenvalue weighted by atomic mass is 9.86. The van der Waals surface area contributed by atoms with Crippen LogP contribution in [0.15, 0.2) is 0 Å². The molecule has 6 nitrogen and oxygen atoms in total. The van der Waals surface area contributed by atoms with Crippen molar-refractivity contribution in [3.8, 4) is 0 Å². The number of carboxylic acid groups (broad SMARTS) is 1. The van der Waals surface area contributed by atoms with E-state index in [1.807, 2.05) is 11.8 Å². The Kier molecular flexibility index (Phi) is 5.08. The van der Waals surface area contributed by atoms with Crippen molar-refractivity contribution >= 4 is 12.0 Å². The fourth-order valence-corrected chi connectivity index (χ4v) is 3.07. The number of hydrogen-bond donors (Lipinski definition) is 2. The summed E-state index contributed by atoms with van der Waals surface area (Å²) in [5.41, 5.74) is -0.253. The zero-order chi connectivity index (χ0) is 15.5. The van der Waals surface area contributed by atoms with Crippen LogP contribution in [0.3, 0.4) is 0 Å². The van der Waals surface area contributed by atoms with Gasteiger partial charge in [0.1, 0.15) is 0 Å². The van der Waals surface area contributed by atoms with E-state index in [-0.39, 0.29) is 23.6 Å². The van der Waals surface area contributed by atoms with Gasteiger partial charge in [0.2, 0.25) is 0 Å². The number of carbonyl (C=O) groups excluding carboxylic acids is 1. The van der Waals surface area contributed by atoms with Gasteiger partial charge in [-0.25, -0.2) is 4.79 Å². The molecule has 2 rings (SSSR count). The lowest BCUT2D eigenvalue weighted by molar-refractivity contribution is -0.142. The third kappa shape index (κ3) is 4.09. The van der Waals surface area contributed by atoms with E-state index in [1.54, 1.807) is 0 Å². The molecule has 0 aromatic heterocycles. The largest absolute Gasteiger partial charge is 0.481 e. The van der Waals surface area contributed by atoms with Crippen LogP contribution in [0, 0.1) is 5.92 Å². The summed E-state index contributed by atoms with van der Waals surface area (Å²) in [6, 6.07) is 0.0561. The molecule has 0 aromatic rings. The molecule has 1 atom stereocenters. The Labute approximate surface area is 125 Å². The summed E-state index contributed by atoms with van der Waals surface area (Å²) in [6.07, 6.45) is 3.67. The SMILES string of the molecule is CCC1(C)CN(C(=O)NC2CCC(C(=O)O)CC2)CCO1. The van der Waals surface area contributed by atoms with Gasteiger partial charge in [-0.05, 0) is 39.0 Å². The van der Waals surface area contributed by atoms with Gasteiger partial charge in [0.25, 0.3) is 0 Å². The summed E-state index contributed by atoms with van der Waals surface area (Å²) in [6.45, 7) is 5.90. The number of hydrogen-bond acceptors (Lipinski definition) is 3. The molecule has 1 aliphatic heterocycles. The van der Waals surface area contributed by atoms with Crippen LogP contribution in [0.1, 0.15) is 46.0 Å².